The van der Waals surface area contributed by atoms with E-state index in [2.05, 4.69) is 17.2 Å². The number of aromatic nitrogens is 2. The molecule has 0 aliphatic heterocycles. The molecule has 1 N–H and O–H groups in total. The number of hydrogen-bond donors (Lipinski definition) is 1. The van der Waals surface area contributed by atoms with Crippen molar-refractivity contribution in [2.24, 2.45) is 0 Å². The van der Waals surface area contributed by atoms with Crippen LogP contribution in [0.5, 0.6) is 0 Å². The number of nitrogens with one attached hydrogen (secondary N) is 1. The number of carbonyl (C=O) groups excluding carboxylic acids is 1. The topological polar surface area (TPSA) is 46.4 Å². The largest absolute Gasteiger partial charge is 0.321 e. The minimum absolute atomic E-state index is 0.117. The molecule has 0 spiro atoms. The number of fused-ring (bicyclic) bond motifs is 1. The maximum absolute atomic E-state index is 12.8. The van der Waals surface area contributed by atoms with Gasteiger partial charge in [-0.05, 0) is 50.1 Å². The first-order valence-electron chi connectivity index (χ1n) is 7.94. The fourth-order valence-electron chi connectivity index (χ4n) is 2.67. The second-order valence-corrected chi connectivity index (χ2v) is 5.91. The van der Waals surface area contributed by atoms with Gasteiger partial charge in [0.2, 0.25) is 0 Å². The van der Waals surface area contributed by atoms with Crippen LogP contribution in [0.1, 0.15) is 40.7 Å². The van der Waals surface area contributed by atoms with Crippen molar-refractivity contribution in [1.29, 1.82) is 0 Å². The van der Waals surface area contributed by atoms with Crippen LogP contribution in [0, 0.1) is 13.8 Å². The Hall–Kier alpha value is -2.62. The number of aryl methyl sites for hydroxylation is 3. The number of amides is 1. The number of hydrogen-bond acceptors (Lipinski definition) is 2. The molecule has 1 aromatic carbocycles. The number of carbonyl (C=O) groups is 1. The van der Waals surface area contributed by atoms with Crippen molar-refractivity contribution in [2.75, 3.05) is 5.32 Å². The normalized spacial score (nSPS) is 10.9. The van der Waals surface area contributed by atoms with Crippen LogP contribution < -0.4 is 5.32 Å². The summed E-state index contributed by atoms with van der Waals surface area (Å²) in [7, 11) is 0. The summed E-state index contributed by atoms with van der Waals surface area (Å²) in [4.78, 5) is 17.4. The van der Waals surface area contributed by atoms with Crippen LogP contribution in [0.2, 0.25) is 0 Å². The molecule has 0 saturated heterocycles. The molecule has 2 aromatic heterocycles. The Bertz CT molecular complexity index is 847. The van der Waals surface area contributed by atoms with Gasteiger partial charge in [-0.3, -0.25) is 9.20 Å². The first kappa shape index (κ1) is 15.3. The highest BCUT2D eigenvalue weighted by molar-refractivity contribution is 6.04. The van der Waals surface area contributed by atoms with Crippen molar-refractivity contribution in [2.45, 2.75) is 33.6 Å². The zero-order chi connectivity index (χ0) is 16.4. The number of rotatable bonds is 4. The molecular formula is C19H21N3O. The van der Waals surface area contributed by atoms with Crippen molar-refractivity contribution in [3.8, 4) is 0 Å². The van der Waals surface area contributed by atoms with Crippen LogP contribution in [0.25, 0.3) is 5.65 Å². The maximum atomic E-state index is 12.8. The van der Waals surface area contributed by atoms with E-state index in [1.807, 2.05) is 60.8 Å². The van der Waals surface area contributed by atoms with Gasteiger partial charge in [0, 0.05) is 11.9 Å². The first-order valence-corrected chi connectivity index (χ1v) is 7.94. The number of imidazole rings is 1. The van der Waals surface area contributed by atoms with Crippen molar-refractivity contribution < 1.29 is 4.79 Å². The molecule has 0 radical (unpaired) electrons. The molecule has 3 rings (SSSR count). The lowest BCUT2D eigenvalue weighted by Gasteiger charge is -2.07. The predicted molar refractivity (Wildman–Crippen MR) is 93.1 cm³/mol. The van der Waals surface area contributed by atoms with Gasteiger partial charge in [0.15, 0.2) is 0 Å². The summed E-state index contributed by atoms with van der Waals surface area (Å²) in [6.07, 6.45) is 3.66. The number of pyridine rings is 1. The zero-order valence-electron chi connectivity index (χ0n) is 13.8. The average molecular weight is 307 g/mol. The number of benzene rings is 1. The van der Waals surface area contributed by atoms with Gasteiger partial charge in [-0.15, -0.1) is 0 Å². The van der Waals surface area contributed by atoms with Gasteiger partial charge in [0.1, 0.15) is 11.3 Å². The molecule has 3 aromatic rings. The van der Waals surface area contributed by atoms with Crippen LogP contribution in [0.3, 0.4) is 0 Å². The molecule has 1 amide bonds. The average Bonchev–Trinajstić information content (AvgIpc) is 2.87. The summed E-state index contributed by atoms with van der Waals surface area (Å²) in [6, 6.07) is 11.8. The van der Waals surface area contributed by atoms with Crippen LogP contribution >= 0.6 is 0 Å². The summed E-state index contributed by atoms with van der Waals surface area (Å²) in [6.45, 7) is 6.15. The smallest absolute Gasteiger partial charge is 0.274 e. The Balaban J connectivity index is 2.00. The van der Waals surface area contributed by atoms with Gasteiger partial charge in [-0.1, -0.05) is 31.0 Å². The molecule has 0 unspecified atom stereocenters. The zero-order valence-corrected chi connectivity index (χ0v) is 13.8. The fourth-order valence-corrected chi connectivity index (χ4v) is 2.67. The highest BCUT2D eigenvalue weighted by Gasteiger charge is 2.18. The molecule has 0 saturated carbocycles. The minimum atomic E-state index is -0.117. The highest BCUT2D eigenvalue weighted by Crippen LogP contribution is 2.18. The molecule has 0 atom stereocenters. The summed E-state index contributed by atoms with van der Waals surface area (Å²) < 4.78 is 1.88. The van der Waals surface area contributed by atoms with E-state index < -0.39 is 0 Å². The third-order valence-electron chi connectivity index (χ3n) is 3.87. The predicted octanol–water partition coefficient (Wildman–Crippen LogP) is 4.16. The lowest BCUT2D eigenvalue weighted by atomic mass is 10.2. The number of nitrogens with zero attached hydrogens (tertiary/aromatic N) is 2. The van der Waals surface area contributed by atoms with E-state index in [4.69, 9.17) is 0 Å². The summed E-state index contributed by atoms with van der Waals surface area (Å²) in [5, 5.41) is 2.98. The van der Waals surface area contributed by atoms with E-state index >= 15 is 0 Å². The molecule has 118 valence electrons. The molecular weight excluding hydrogens is 286 g/mol. The van der Waals surface area contributed by atoms with E-state index in [1.165, 1.54) is 5.56 Å². The van der Waals surface area contributed by atoms with Gasteiger partial charge < -0.3 is 5.32 Å². The Morgan fingerprint density at radius 3 is 2.57 bits per heavy atom. The summed E-state index contributed by atoms with van der Waals surface area (Å²) in [5.41, 5.74) is 5.40. The monoisotopic (exact) mass is 307 g/mol. The molecule has 0 aliphatic carbocycles. The maximum Gasteiger partial charge on any atom is 0.274 e. The van der Waals surface area contributed by atoms with Crippen molar-refractivity contribution >= 4 is 17.2 Å². The number of anilines is 1. The van der Waals surface area contributed by atoms with E-state index in [9.17, 15) is 4.79 Å². The molecule has 4 heteroatoms. The highest BCUT2D eigenvalue weighted by atomic mass is 16.2. The molecule has 0 fully saturated rings. The molecule has 0 bridgehead atoms. The molecule has 23 heavy (non-hydrogen) atoms. The Kier molecular flexibility index (Phi) is 4.15. The SMILES string of the molecule is CCCc1nc2cc(C)ccn2c1C(=O)Nc1ccc(C)cc1. The lowest BCUT2D eigenvalue weighted by molar-refractivity contribution is 0.102. The third-order valence-corrected chi connectivity index (χ3v) is 3.87. The summed E-state index contributed by atoms with van der Waals surface area (Å²) in [5.74, 6) is -0.117. The van der Waals surface area contributed by atoms with Crippen LogP contribution in [-0.2, 0) is 6.42 Å². The van der Waals surface area contributed by atoms with Gasteiger partial charge in [0.05, 0.1) is 5.69 Å². The van der Waals surface area contributed by atoms with Crippen molar-refractivity contribution in [3.05, 3.63) is 65.1 Å². The summed E-state index contributed by atoms with van der Waals surface area (Å²) >= 11 is 0. The molecule has 2 heterocycles. The van der Waals surface area contributed by atoms with E-state index in [-0.39, 0.29) is 5.91 Å². The second-order valence-electron chi connectivity index (χ2n) is 5.91. The van der Waals surface area contributed by atoms with E-state index in [0.717, 1.165) is 35.4 Å². The fraction of sp³-hybridized carbons (Fsp3) is 0.263. The van der Waals surface area contributed by atoms with E-state index in [1.54, 1.807) is 0 Å². The van der Waals surface area contributed by atoms with Crippen LogP contribution in [0.15, 0.2) is 42.6 Å². The Morgan fingerprint density at radius 1 is 1.13 bits per heavy atom. The first-order chi connectivity index (χ1) is 11.1. The van der Waals surface area contributed by atoms with Gasteiger partial charge in [0.25, 0.3) is 5.91 Å². The van der Waals surface area contributed by atoms with Gasteiger partial charge in [-0.25, -0.2) is 4.98 Å². The molecule has 0 aliphatic rings. The van der Waals surface area contributed by atoms with E-state index in [0.29, 0.717) is 5.69 Å². The quantitative estimate of drug-likeness (QED) is 0.787. The molecule has 4 nitrogen and oxygen atoms in total. The van der Waals surface area contributed by atoms with Crippen molar-refractivity contribution in [1.82, 2.24) is 9.38 Å². The second kappa shape index (κ2) is 6.24. The van der Waals surface area contributed by atoms with Crippen LogP contribution in [0.4, 0.5) is 5.69 Å². The van der Waals surface area contributed by atoms with Gasteiger partial charge in [-0.2, -0.15) is 0 Å². The van der Waals surface area contributed by atoms with Crippen molar-refractivity contribution in [3.63, 3.8) is 0 Å². The standard InChI is InChI=1S/C19H21N3O/c1-4-5-16-18(22-11-10-14(3)12-17(22)21-16)19(23)20-15-8-6-13(2)7-9-15/h6-12H,4-5H2,1-3H3,(H,20,23). The minimum Gasteiger partial charge on any atom is -0.321 e. The Labute approximate surface area is 136 Å². The van der Waals surface area contributed by atoms with Gasteiger partial charge >= 0.3 is 0 Å². The Morgan fingerprint density at radius 2 is 1.87 bits per heavy atom. The van der Waals surface area contributed by atoms with Crippen LogP contribution in [-0.4, -0.2) is 15.3 Å². The lowest BCUT2D eigenvalue weighted by Crippen LogP contribution is -2.16. The third kappa shape index (κ3) is 3.11.